The lowest BCUT2D eigenvalue weighted by atomic mass is 10.2. The zero-order valence-electron chi connectivity index (χ0n) is 6.40. The first kappa shape index (κ1) is 9.61. The molecule has 0 atom stereocenters. The van der Waals surface area contributed by atoms with Gasteiger partial charge in [-0.25, -0.2) is 8.78 Å². The molecule has 0 aliphatic carbocycles. The average Bonchev–Trinajstić information content (AvgIpc) is 2.00. The molecule has 0 spiro atoms. The van der Waals surface area contributed by atoms with E-state index in [0.717, 1.165) is 6.07 Å². The summed E-state index contributed by atoms with van der Waals surface area (Å²) in [6, 6.07) is 2.57. The molecule has 0 amide bonds. The zero-order valence-corrected chi connectivity index (χ0v) is 7.99. The highest BCUT2D eigenvalue weighted by atomic mass is 79.9. The zero-order chi connectivity index (χ0) is 9.14. The van der Waals surface area contributed by atoms with Crippen molar-refractivity contribution >= 4 is 15.9 Å². The highest BCUT2D eigenvalue weighted by molar-refractivity contribution is 9.10. The predicted molar refractivity (Wildman–Crippen MR) is 44.8 cm³/mol. The van der Waals surface area contributed by atoms with Gasteiger partial charge in [0.25, 0.3) is 0 Å². The maximum Gasteiger partial charge on any atom is 0.164 e. The van der Waals surface area contributed by atoms with Crippen LogP contribution in [0.5, 0.6) is 0 Å². The van der Waals surface area contributed by atoms with Crippen LogP contribution in [0.3, 0.4) is 0 Å². The Bertz CT molecular complexity index is 289. The number of methoxy groups -OCH3 is 1. The van der Waals surface area contributed by atoms with Crippen LogP contribution in [0.15, 0.2) is 16.6 Å². The van der Waals surface area contributed by atoms with Crippen molar-refractivity contribution in [2.45, 2.75) is 6.61 Å². The number of hydrogen-bond donors (Lipinski definition) is 0. The molecular weight excluding hydrogens is 230 g/mol. The Labute approximate surface area is 77.5 Å². The molecule has 0 bridgehead atoms. The summed E-state index contributed by atoms with van der Waals surface area (Å²) in [5.41, 5.74) is 0.212. The average molecular weight is 237 g/mol. The molecule has 0 aliphatic rings. The lowest BCUT2D eigenvalue weighted by Gasteiger charge is -2.02. The third kappa shape index (κ3) is 2.01. The second-order valence-corrected chi connectivity index (χ2v) is 3.21. The quantitative estimate of drug-likeness (QED) is 0.718. The van der Waals surface area contributed by atoms with Gasteiger partial charge in [-0.15, -0.1) is 0 Å². The van der Waals surface area contributed by atoms with E-state index in [2.05, 4.69) is 15.9 Å². The summed E-state index contributed by atoms with van der Waals surface area (Å²) < 4.78 is 30.8. The summed E-state index contributed by atoms with van der Waals surface area (Å²) in [4.78, 5) is 0. The van der Waals surface area contributed by atoms with Crippen molar-refractivity contribution < 1.29 is 13.5 Å². The second kappa shape index (κ2) is 3.96. The Morgan fingerprint density at radius 3 is 2.67 bits per heavy atom. The Morgan fingerprint density at radius 2 is 2.08 bits per heavy atom. The van der Waals surface area contributed by atoms with Gasteiger partial charge in [-0.2, -0.15) is 0 Å². The monoisotopic (exact) mass is 236 g/mol. The molecule has 0 saturated heterocycles. The van der Waals surface area contributed by atoms with Crippen molar-refractivity contribution in [2.24, 2.45) is 0 Å². The van der Waals surface area contributed by atoms with Gasteiger partial charge in [0.1, 0.15) is 0 Å². The van der Waals surface area contributed by atoms with Crippen molar-refractivity contribution in [2.75, 3.05) is 7.11 Å². The third-order valence-electron chi connectivity index (χ3n) is 1.37. The van der Waals surface area contributed by atoms with Crippen molar-refractivity contribution in [1.82, 2.24) is 0 Å². The maximum atomic E-state index is 12.9. The molecule has 1 rings (SSSR count). The molecule has 4 heteroatoms. The minimum Gasteiger partial charge on any atom is -0.380 e. The molecule has 0 N–H and O–H groups in total. The standard InChI is InChI=1S/C8H7BrF2O/c1-12-4-5-2-6(9)3-7(10)8(5)11/h2-3H,4H2,1H3. The van der Waals surface area contributed by atoms with E-state index in [4.69, 9.17) is 4.74 Å². The maximum absolute atomic E-state index is 12.9. The van der Waals surface area contributed by atoms with E-state index >= 15 is 0 Å². The highest BCUT2D eigenvalue weighted by Crippen LogP contribution is 2.19. The van der Waals surface area contributed by atoms with Gasteiger partial charge in [0.2, 0.25) is 0 Å². The Morgan fingerprint density at radius 1 is 1.42 bits per heavy atom. The van der Waals surface area contributed by atoms with Gasteiger partial charge in [0, 0.05) is 17.1 Å². The largest absolute Gasteiger partial charge is 0.380 e. The van der Waals surface area contributed by atoms with E-state index in [9.17, 15) is 8.78 Å². The summed E-state index contributed by atoms with van der Waals surface area (Å²) in [5.74, 6) is -1.71. The molecule has 12 heavy (non-hydrogen) atoms. The van der Waals surface area contributed by atoms with Crippen LogP contribution in [0.4, 0.5) is 8.78 Å². The summed E-state index contributed by atoms with van der Waals surface area (Å²) in [6.45, 7) is 0.0716. The second-order valence-electron chi connectivity index (χ2n) is 2.29. The molecule has 1 aromatic carbocycles. The SMILES string of the molecule is COCc1cc(Br)cc(F)c1F. The Kier molecular flexibility index (Phi) is 3.17. The molecule has 0 saturated carbocycles. The lowest BCUT2D eigenvalue weighted by Crippen LogP contribution is -1.96. The van der Waals surface area contributed by atoms with E-state index < -0.39 is 11.6 Å². The van der Waals surface area contributed by atoms with Gasteiger partial charge < -0.3 is 4.74 Å². The number of benzene rings is 1. The lowest BCUT2D eigenvalue weighted by molar-refractivity contribution is 0.180. The van der Waals surface area contributed by atoms with Crippen molar-refractivity contribution in [3.05, 3.63) is 33.8 Å². The van der Waals surface area contributed by atoms with Crippen molar-refractivity contribution in [1.29, 1.82) is 0 Å². The molecule has 0 unspecified atom stereocenters. The normalized spacial score (nSPS) is 10.3. The van der Waals surface area contributed by atoms with Crippen LogP contribution in [-0.2, 0) is 11.3 Å². The molecule has 0 radical (unpaired) electrons. The van der Waals surface area contributed by atoms with Crippen molar-refractivity contribution in [3.63, 3.8) is 0 Å². The van der Waals surface area contributed by atoms with Crippen LogP contribution in [0.25, 0.3) is 0 Å². The van der Waals surface area contributed by atoms with Crippen LogP contribution in [-0.4, -0.2) is 7.11 Å². The molecule has 0 heterocycles. The molecule has 0 fully saturated rings. The molecule has 0 aromatic heterocycles. The minimum atomic E-state index is -0.864. The number of ether oxygens (including phenoxy) is 1. The van der Waals surface area contributed by atoms with E-state index in [1.54, 1.807) is 0 Å². The third-order valence-corrected chi connectivity index (χ3v) is 1.83. The topological polar surface area (TPSA) is 9.23 Å². The summed E-state index contributed by atoms with van der Waals surface area (Å²) >= 11 is 3.05. The fourth-order valence-corrected chi connectivity index (χ4v) is 1.35. The molecule has 1 nitrogen and oxygen atoms in total. The first-order valence-electron chi connectivity index (χ1n) is 3.27. The van der Waals surface area contributed by atoms with E-state index in [-0.39, 0.29) is 12.2 Å². The number of halogens is 3. The van der Waals surface area contributed by atoms with Crippen LogP contribution in [0.1, 0.15) is 5.56 Å². The van der Waals surface area contributed by atoms with E-state index in [0.29, 0.717) is 4.47 Å². The van der Waals surface area contributed by atoms with Gasteiger partial charge in [0.15, 0.2) is 11.6 Å². The predicted octanol–water partition coefficient (Wildman–Crippen LogP) is 2.87. The van der Waals surface area contributed by atoms with Gasteiger partial charge in [0.05, 0.1) is 6.61 Å². The Hall–Kier alpha value is -0.480. The van der Waals surface area contributed by atoms with Crippen molar-refractivity contribution in [3.8, 4) is 0 Å². The molecular formula is C8H7BrF2O. The van der Waals surface area contributed by atoms with Crippen LogP contribution in [0, 0.1) is 11.6 Å². The van der Waals surface area contributed by atoms with E-state index in [1.807, 2.05) is 0 Å². The summed E-state index contributed by atoms with van der Waals surface area (Å²) in [6.07, 6.45) is 0. The van der Waals surface area contributed by atoms with Gasteiger partial charge in [-0.3, -0.25) is 0 Å². The van der Waals surface area contributed by atoms with Gasteiger partial charge in [-0.1, -0.05) is 15.9 Å². The Balaban J connectivity index is 3.09. The minimum absolute atomic E-state index is 0.0716. The number of hydrogen-bond acceptors (Lipinski definition) is 1. The first-order chi connectivity index (χ1) is 5.65. The van der Waals surface area contributed by atoms with Gasteiger partial charge in [-0.05, 0) is 12.1 Å². The first-order valence-corrected chi connectivity index (χ1v) is 4.07. The fourth-order valence-electron chi connectivity index (χ4n) is 0.870. The molecule has 1 aromatic rings. The fraction of sp³-hybridized carbons (Fsp3) is 0.250. The van der Waals surface area contributed by atoms with E-state index in [1.165, 1.54) is 13.2 Å². The van der Waals surface area contributed by atoms with Crippen LogP contribution in [0.2, 0.25) is 0 Å². The highest BCUT2D eigenvalue weighted by Gasteiger charge is 2.08. The molecule has 0 aliphatic heterocycles. The van der Waals surface area contributed by atoms with Crippen LogP contribution < -0.4 is 0 Å². The van der Waals surface area contributed by atoms with Gasteiger partial charge >= 0.3 is 0 Å². The number of rotatable bonds is 2. The molecule has 66 valence electrons. The van der Waals surface area contributed by atoms with Crippen LogP contribution >= 0.6 is 15.9 Å². The summed E-state index contributed by atoms with van der Waals surface area (Å²) in [7, 11) is 1.43. The summed E-state index contributed by atoms with van der Waals surface area (Å²) in [5, 5.41) is 0. The smallest absolute Gasteiger partial charge is 0.164 e.